The normalized spacial score (nSPS) is 10.6. The number of carbonyl (C=O) groups excluding carboxylic acids is 2. The molecule has 8 heteroatoms. The van der Waals surface area contributed by atoms with Gasteiger partial charge in [0.25, 0.3) is 11.9 Å². The number of aryl methyl sites for hydroxylation is 1. The lowest BCUT2D eigenvalue weighted by atomic mass is 10.2. The second-order valence-corrected chi connectivity index (χ2v) is 5.42. The molecule has 112 valence electrons. The van der Waals surface area contributed by atoms with Crippen LogP contribution in [0.3, 0.4) is 0 Å². The lowest BCUT2D eigenvalue weighted by molar-refractivity contribution is -0.131. The number of nitrogens with one attached hydrogen (secondary N) is 1. The van der Waals surface area contributed by atoms with Crippen molar-refractivity contribution >= 4 is 34.1 Å². The summed E-state index contributed by atoms with van der Waals surface area (Å²) in [6.45, 7) is 3.21. The summed E-state index contributed by atoms with van der Waals surface area (Å²) in [5, 5.41) is 8.77. The SMILES string of the molecule is CC(=O)Oc1cccc(C(=O)Nc2nc3scc(C)n3n2)c1. The summed E-state index contributed by atoms with van der Waals surface area (Å²) in [6.07, 6.45) is 0. The molecule has 0 atom stereocenters. The average Bonchev–Trinajstić information content (AvgIpc) is 3.01. The number of benzene rings is 1. The van der Waals surface area contributed by atoms with E-state index in [4.69, 9.17) is 4.74 Å². The van der Waals surface area contributed by atoms with Crippen LogP contribution in [0.25, 0.3) is 4.96 Å². The molecule has 1 N–H and O–H groups in total. The van der Waals surface area contributed by atoms with Crippen molar-refractivity contribution in [2.24, 2.45) is 0 Å². The molecule has 0 aliphatic heterocycles. The maximum atomic E-state index is 12.2. The third-order valence-electron chi connectivity index (χ3n) is 2.83. The Bertz CT molecular complexity index is 868. The van der Waals surface area contributed by atoms with Gasteiger partial charge in [0.1, 0.15) is 5.75 Å². The van der Waals surface area contributed by atoms with E-state index in [1.807, 2.05) is 12.3 Å². The van der Waals surface area contributed by atoms with E-state index in [0.717, 1.165) is 5.69 Å². The third-order valence-corrected chi connectivity index (χ3v) is 3.76. The Labute approximate surface area is 129 Å². The standard InChI is InChI=1S/C14H12N4O3S/c1-8-7-22-14-16-13(17-18(8)14)15-12(20)10-4-3-5-11(6-10)21-9(2)19/h3-7H,1-2H3,(H,15,17,20). The lowest BCUT2D eigenvalue weighted by Gasteiger charge is -2.04. The minimum absolute atomic E-state index is 0.234. The first-order valence-electron chi connectivity index (χ1n) is 6.43. The summed E-state index contributed by atoms with van der Waals surface area (Å²) >= 11 is 1.45. The Kier molecular flexibility index (Phi) is 3.60. The molecular formula is C14H12N4O3S. The van der Waals surface area contributed by atoms with Gasteiger partial charge in [-0.05, 0) is 25.1 Å². The van der Waals surface area contributed by atoms with Gasteiger partial charge in [0.2, 0.25) is 4.96 Å². The number of nitrogens with zero attached hydrogens (tertiary/aromatic N) is 3. The second kappa shape index (κ2) is 5.57. The van der Waals surface area contributed by atoms with Crippen LogP contribution in [-0.2, 0) is 4.79 Å². The molecular weight excluding hydrogens is 304 g/mol. The van der Waals surface area contributed by atoms with Gasteiger partial charge in [0, 0.05) is 17.9 Å². The van der Waals surface area contributed by atoms with Gasteiger partial charge >= 0.3 is 5.97 Å². The second-order valence-electron chi connectivity index (χ2n) is 4.58. The van der Waals surface area contributed by atoms with Crippen molar-refractivity contribution in [1.29, 1.82) is 0 Å². The Balaban J connectivity index is 1.80. The summed E-state index contributed by atoms with van der Waals surface area (Å²) in [5.41, 5.74) is 1.30. The fourth-order valence-corrected chi connectivity index (χ4v) is 2.68. The summed E-state index contributed by atoms with van der Waals surface area (Å²) in [5.74, 6) is -0.262. The lowest BCUT2D eigenvalue weighted by Crippen LogP contribution is -2.13. The highest BCUT2D eigenvalue weighted by Crippen LogP contribution is 2.17. The van der Waals surface area contributed by atoms with Gasteiger partial charge in [-0.25, -0.2) is 4.52 Å². The van der Waals surface area contributed by atoms with Crippen LogP contribution in [0.5, 0.6) is 5.75 Å². The number of rotatable bonds is 3. The van der Waals surface area contributed by atoms with E-state index in [0.29, 0.717) is 16.3 Å². The zero-order valence-corrected chi connectivity index (χ0v) is 12.7. The number of esters is 1. The molecule has 0 saturated carbocycles. The Morgan fingerprint density at radius 2 is 2.18 bits per heavy atom. The highest BCUT2D eigenvalue weighted by atomic mass is 32.1. The first-order valence-corrected chi connectivity index (χ1v) is 7.31. The number of thiazole rings is 1. The Hall–Kier alpha value is -2.74. The van der Waals surface area contributed by atoms with Gasteiger partial charge < -0.3 is 4.74 Å². The van der Waals surface area contributed by atoms with Crippen molar-refractivity contribution in [2.45, 2.75) is 13.8 Å². The predicted octanol–water partition coefficient (Wildman–Crippen LogP) is 2.28. The number of carbonyl (C=O) groups is 2. The van der Waals surface area contributed by atoms with Gasteiger partial charge in [0.05, 0.1) is 5.69 Å². The van der Waals surface area contributed by atoms with Crippen molar-refractivity contribution in [3.05, 3.63) is 40.9 Å². The molecule has 0 saturated heterocycles. The van der Waals surface area contributed by atoms with E-state index < -0.39 is 5.97 Å². The minimum atomic E-state index is -0.441. The zero-order valence-electron chi connectivity index (χ0n) is 11.9. The molecule has 0 aliphatic carbocycles. The fourth-order valence-electron chi connectivity index (χ4n) is 1.89. The van der Waals surface area contributed by atoms with E-state index in [2.05, 4.69) is 15.4 Å². The van der Waals surface area contributed by atoms with Gasteiger partial charge in [-0.3, -0.25) is 14.9 Å². The van der Waals surface area contributed by atoms with Crippen molar-refractivity contribution in [2.75, 3.05) is 5.32 Å². The Morgan fingerprint density at radius 1 is 1.36 bits per heavy atom. The molecule has 1 aromatic carbocycles. The van der Waals surface area contributed by atoms with Gasteiger partial charge in [-0.15, -0.1) is 16.4 Å². The van der Waals surface area contributed by atoms with Gasteiger partial charge in [-0.1, -0.05) is 6.07 Å². The average molecular weight is 316 g/mol. The number of hydrogen-bond donors (Lipinski definition) is 1. The maximum absolute atomic E-state index is 12.2. The largest absolute Gasteiger partial charge is 0.427 e. The molecule has 0 unspecified atom stereocenters. The van der Waals surface area contributed by atoms with Crippen molar-refractivity contribution < 1.29 is 14.3 Å². The summed E-state index contributed by atoms with van der Waals surface area (Å²) in [6, 6.07) is 6.34. The summed E-state index contributed by atoms with van der Waals surface area (Å²) in [7, 11) is 0. The molecule has 0 bridgehead atoms. The fraction of sp³-hybridized carbons (Fsp3) is 0.143. The molecule has 0 radical (unpaired) electrons. The van der Waals surface area contributed by atoms with Gasteiger partial charge in [0.15, 0.2) is 0 Å². The van der Waals surface area contributed by atoms with Crippen LogP contribution in [0.1, 0.15) is 23.0 Å². The first kappa shape index (κ1) is 14.2. The molecule has 0 spiro atoms. The summed E-state index contributed by atoms with van der Waals surface area (Å²) in [4.78, 5) is 28.1. The van der Waals surface area contributed by atoms with Crippen LogP contribution in [0.15, 0.2) is 29.6 Å². The summed E-state index contributed by atoms with van der Waals surface area (Å²) < 4.78 is 6.62. The van der Waals surface area contributed by atoms with Crippen molar-refractivity contribution in [3.8, 4) is 5.75 Å². The number of anilines is 1. The molecule has 2 aromatic heterocycles. The number of ether oxygens (including phenoxy) is 1. The topological polar surface area (TPSA) is 85.6 Å². The predicted molar refractivity (Wildman–Crippen MR) is 81.3 cm³/mol. The van der Waals surface area contributed by atoms with Gasteiger partial charge in [-0.2, -0.15) is 4.98 Å². The van der Waals surface area contributed by atoms with Crippen LogP contribution in [0.2, 0.25) is 0 Å². The van der Waals surface area contributed by atoms with Crippen LogP contribution in [0, 0.1) is 6.92 Å². The van der Waals surface area contributed by atoms with Crippen LogP contribution in [0.4, 0.5) is 5.95 Å². The molecule has 1 amide bonds. The minimum Gasteiger partial charge on any atom is -0.427 e. The number of amides is 1. The van der Waals surface area contributed by atoms with Crippen LogP contribution < -0.4 is 10.1 Å². The van der Waals surface area contributed by atoms with E-state index >= 15 is 0 Å². The van der Waals surface area contributed by atoms with Crippen molar-refractivity contribution in [3.63, 3.8) is 0 Å². The molecule has 7 nitrogen and oxygen atoms in total. The molecule has 0 fully saturated rings. The van der Waals surface area contributed by atoms with E-state index in [9.17, 15) is 9.59 Å². The zero-order chi connectivity index (χ0) is 15.7. The molecule has 3 rings (SSSR count). The van der Waals surface area contributed by atoms with E-state index in [1.165, 1.54) is 24.3 Å². The molecule has 0 aliphatic rings. The van der Waals surface area contributed by atoms with E-state index in [-0.39, 0.29) is 11.9 Å². The number of hydrogen-bond acceptors (Lipinski definition) is 6. The van der Waals surface area contributed by atoms with Crippen molar-refractivity contribution in [1.82, 2.24) is 14.6 Å². The quantitative estimate of drug-likeness (QED) is 0.592. The molecule has 22 heavy (non-hydrogen) atoms. The monoisotopic (exact) mass is 316 g/mol. The molecule has 2 heterocycles. The Morgan fingerprint density at radius 3 is 2.91 bits per heavy atom. The number of fused-ring (bicyclic) bond motifs is 1. The van der Waals surface area contributed by atoms with Crippen LogP contribution >= 0.6 is 11.3 Å². The maximum Gasteiger partial charge on any atom is 0.308 e. The number of aromatic nitrogens is 3. The van der Waals surface area contributed by atoms with E-state index in [1.54, 1.807) is 22.7 Å². The van der Waals surface area contributed by atoms with Crippen LogP contribution in [-0.4, -0.2) is 26.5 Å². The third kappa shape index (κ3) is 2.82. The molecule has 3 aromatic rings. The smallest absolute Gasteiger partial charge is 0.308 e. The highest BCUT2D eigenvalue weighted by molar-refractivity contribution is 7.15. The first-order chi connectivity index (χ1) is 10.5. The highest BCUT2D eigenvalue weighted by Gasteiger charge is 2.13.